The minimum atomic E-state index is -1.40. The van der Waals surface area contributed by atoms with E-state index in [0.717, 1.165) is 16.6 Å². The first kappa shape index (κ1) is 16.8. The Balaban J connectivity index is 1.61. The van der Waals surface area contributed by atoms with Gasteiger partial charge in [-0.3, -0.25) is 9.59 Å². The van der Waals surface area contributed by atoms with Gasteiger partial charge in [0.25, 0.3) is 0 Å². The number of carbonyl (C=O) groups is 2. The maximum absolute atomic E-state index is 12.0. The summed E-state index contributed by atoms with van der Waals surface area (Å²) in [6, 6.07) is 10.5. The summed E-state index contributed by atoms with van der Waals surface area (Å²) >= 11 is 0. The number of aliphatic hydroxyl groups is 1. The maximum atomic E-state index is 12.0. The lowest BCUT2D eigenvalue weighted by Gasteiger charge is -2.20. The summed E-state index contributed by atoms with van der Waals surface area (Å²) in [5, 5.41) is 16.2. The van der Waals surface area contributed by atoms with Gasteiger partial charge in [-0.25, -0.2) is 0 Å². The third kappa shape index (κ3) is 3.72. The molecule has 2 amide bonds. The summed E-state index contributed by atoms with van der Waals surface area (Å²) in [6.07, 6.45) is 1.43. The van der Waals surface area contributed by atoms with Crippen molar-refractivity contribution in [2.75, 3.05) is 11.9 Å². The fourth-order valence-electron chi connectivity index (χ4n) is 2.55. The SMILES string of the molecule is Cc1cc2cc(NC(=O)C(=O)NCC(C)(O)c3ccco3)ccc2[nH]1. The van der Waals surface area contributed by atoms with Gasteiger partial charge in [0.15, 0.2) is 0 Å². The molecule has 4 N–H and O–H groups in total. The van der Waals surface area contributed by atoms with Crippen molar-refractivity contribution < 1.29 is 19.1 Å². The third-order valence-electron chi connectivity index (χ3n) is 3.86. The van der Waals surface area contributed by atoms with Gasteiger partial charge in [0, 0.05) is 22.3 Å². The number of furan rings is 1. The molecule has 3 aromatic rings. The van der Waals surface area contributed by atoms with Crippen molar-refractivity contribution in [1.29, 1.82) is 0 Å². The van der Waals surface area contributed by atoms with Gasteiger partial charge >= 0.3 is 11.8 Å². The molecule has 0 aliphatic carbocycles. The number of fused-ring (bicyclic) bond motifs is 1. The van der Waals surface area contributed by atoms with Crippen LogP contribution in [0.5, 0.6) is 0 Å². The topological polar surface area (TPSA) is 107 Å². The van der Waals surface area contributed by atoms with Crippen molar-refractivity contribution in [3.05, 3.63) is 54.1 Å². The molecule has 0 fully saturated rings. The van der Waals surface area contributed by atoms with Crippen LogP contribution in [-0.4, -0.2) is 28.4 Å². The Kier molecular flexibility index (Phi) is 4.33. The Labute approximate surface area is 144 Å². The molecule has 0 spiro atoms. The number of hydrogen-bond donors (Lipinski definition) is 4. The molecule has 0 aliphatic heterocycles. The highest BCUT2D eigenvalue weighted by Crippen LogP contribution is 2.21. The molecule has 130 valence electrons. The van der Waals surface area contributed by atoms with Crippen molar-refractivity contribution in [3.8, 4) is 0 Å². The third-order valence-corrected chi connectivity index (χ3v) is 3.86. The van der Waals surface area contributed by atoms with Crippen LogP contribution in [0.2, 0.25) is 0 Å². The standard InChI is InChI=1S/C18H19N3O4/c1-11-8-12-9-13(5-6-14(12)20-11)21-17(23)16(22)19-10-18(2,24)15-4-3-7-25-15/h3-9,20,24H,10H2,1-2H3,(H,19,22)(H,21,23). The average Bonchev–Trinajstić information content (AvgIpc) is 3.21. The summed E-state index contributed by atoms with van der Waals surface area (Å²) < 4.78 is 5.12. The zero-order valence-corrected chi connectivity index (χ0v) is 13.9. The van der Waals surface area contributed by atoms with Crippen molar-refractivity contribution in [1.82, 2.24) is 10.3 Å². The van der Waals surface area contributed by atoms with Crippen molar-refractivity contribution in [2.24, 2.45) is 0 Å². The number of hydrogen-bond acceptors (Lipinski definition) is 4. The fourth-order valence-corrected chi connectivity index (χ4v) is 2.55. The predicted octanol–water partition coefficient (Wildman–Crippen LogP) is 2.03. The largest absolute Gasteiger partial charge is 0.466 e. The summed E-state index contributed by atoms with van der Waals surface area (Å²) in [4.78, 5) is 27.2. The minimum absolute atomic E-state index is 0.150. The van der Waals surface area contributed by atoms with Gasteiger partial charge in [-0.1, -0.05) is 0 Å². The monoisotopic (exact) mass is 341 g/mol. The van der Waals surface area contributed by atoms with E-state index < -0.39 is 17.4 Å². The van der Waals surface area contributed by atoms with Gasteiger partial charge < -0.3 is 25.1 Å². The number of anilines is 1. The normalized spacial score (nSPS) is 13.4. The zero-order valence-electron chi connectivity index (χ0n) is 13.9. The lowest BCUT2D eigenvalue weighted by atomic mass is 10.0. The van der Waals surface area contributed by atoms with E-state index in [0.29, 0.717) is 11.4 Å². The number of carbonyl (C=O) groups excluding carboxylic acids is 2. The van der Waals surface area contributed by atoms with Gasteiger partial charge in [-0.05, 0) is 50.2 Å². The molecule has 7 heteroatoms. The van der Waals surface area contributed by atoms with Crippen LogP contribution < -0.4 is 10.6 Å². The molecule has 0 saturated carbocycles. The van der Waals surface area contributed by atoms with Crippen LogP contribution in [0, 0.1) is 6.92 Å². The van der Waals surface area contributed by atoms with Crippen molar-refractivity contribution in [2.45, 2.75) is 19.4 Å². The number of H-pyrrole nitrogens is 1. The smallest absolute Gasteiger partial charge is 0.313 e. The van der Waals surface area contributed by atoms with Crippen LogP contribution in [-0.2, 0) is 15.2 Å². The first-order chi connectivity index (χ1) is 11.8. The van der Waals surface area contributed by atoms with E-state index in [4.69, 9.17) is 4.42 Å². The highest BCUT2D eigenvalue weighted by atomic mass is 16.4. The molecule has 1 aromatic carbocycles. The Hall–Kier alpha value is -3.06. The summed E-state index contributed by atoms with van der Waals surface area (Å²) in [5.74, 6) is -1.33. The highest BCUT2D eigenvalue weighted by molar-refractivity contribution is 6.39. The number of aromatic amines is 1. The second-order valence-electron chi connectivity index (χ2n) is 6.14. The number of aryl methyl sites for hydroxylation is 1. The predicted molar refractivity (Wildman–Crippen MR) is 93.0 cm³/mol. The van der Waals surface area contributed by atoms with Gasteiger partial charge in [0.05, 0.1) is 12.8 Å². The first-order valence-electron chi connectivity index (χ1n) is 7.80. The van der Waals surface area contributed by atoms with Gasteiger partial charge in [-0.2, -0.15) is 0 Å². The highest BCUT2D eigenvalue weighted by Gasteiger charge is 2.28. The quantitative estimate of drug-likeness (QED) is 0.545. The Morgan fingerprint density at radius 3 is 2.76 bits per heavy atom. The molecule has 1 unspecified atom stereocenters. The molecular formula is C18H19N3O4. The van der Waals surface area contributed by atoms with E-state index in [-0.39, 0.29) is 6.54 Å². The molecule has 2 aromatic heterocycles. The molecule has 25 heavy (non-hydrogen) atoms. The number of aromatic nitrogens is 1. The average molecular weight is 341 g/mol. The van der Waals surface area contributed by atoms with Crippen molar-refractivity contribution in [3.63, 3.8) is 0 Å². The molecule has 7 nitrogen and oxygen atoms in total. The molecule has 0 bridgehead atoms. The molecule has 0 saturated heterocycles. The van der Waals surface area contributed by atoms with Crippen LogP contribution in [0.25, 0.3) is 10.9 Å². The lowest BCUT2D eigenvalue weighted by Crippen LogP contribution is -2.43. The van der Waals surface area contributed by atoms with Crippen LogP contribution in [0.1, 0.15) is 18.4 Å². The van der Waals surface area contributed by atoms with E-state index in [1.165, 1.54) is 13.2 Å². The number of benzene rings is 1. The van der Waals surface area contributed by atoms with Crippen molar-refractivity contribution >= 4 is 28.4 Å². The Morgan fingerprint density at radius 2 is 2.04 bits per heavy atom. The van der Waals surface area contributed by atoms with E-state index in [9.17, 15) is 14.7 Å². The number of amides is 2. The fraction of sp³-hybridized carbons (Fsp3) is 0.222. The van der Waals surface area contributed by atoms with Gasteiger partial charge in [-0.15, -0.1) is 0 Å². The molecule has 3 rings (SSSR count). The minimum Gasteiger partial charge on any atom is -0.466 e. The number of rotatable bonds is 4. The van der Waals surface area contributed by atoms with E-state index >= 15 is 0 Å². The second-order valence-corrected chi connectivity index (χ2v) is 6.14. The molecule has 0 radical (unpaired) electrons. The van der Waals surface area contributed by atoms with Crippen LogP contribution in [0.15, 0.2) is 47.1 Å². The number of nitrogens with one attached hydrogen (secondary N) is 3. The van der Waals surface area contributed by atoms with E-state index in [1.54, 1.807) is 24.3 Å². The maximum Gasteiger partial charge on any atom is 0.313 e. The lowest BCUT2D eigenvalue weighted by molar-refractivity contribution is -0.136. The molecule has 2 heterocycles. The van der Waals surface area contributed by atoms with E-state index in [1.807, 2.05) is 19.1 Å². The molecule has 1 atom stereocenters. The van der Waals surface area contributed by atoms with Gasteiger partial charge in [0.2, 0.25) is 0 Å². The first-order valence-corrected chi connectivity index (χ1v) is 7.80. The van der Waals surface area contributed by atoms with Crippen LogP contribution in [0.3, 0.4) is 0 Å². The molecular weight excluding hydrogens is 322 g/mol. The Bertz CT molecular complexity index is 910. The Morgan fingerprint density at radius 1 is 1.24 bits per heavy atom. The summed E-state index contributed by atoms with van der Waals surface area (Å²) in [7, 11) is 0. The molecule has 0 aliphatic rings. The second kappa shape index (κ2) is 6.45. The van der Waals surface area contributed by atoms with E-state index in [2.05, 4.69) is 15.6 Å². The summed E-state index contributed by atoms with van der Waals surface area (Å²) in [5.41, 5.74) is 1.08. The van der Waals surface area contributed by atoms with Crippen LogP contribution in [0.4, 0.5) is 5.69 Å². The van der Waals surface area contributed by atoms with Crippen LogP contribution >= 0.6 is 0 Å². The summed E-state index contributed by atoms with van der Waals surface area (Å²) in [6.45, 7) is 3.28. The zero-order chi connectivity index (χ0) is 18.0. The van der Waals surface area contributed by atoms with Gasteiger partial charge in [0.1, 0.15) is 11.4 Å².